The van der Waals surface area contributed by atoms with E-state index in [9.17, 15) is 0 Å². The zero-order valence-corrected chi connectivity index (χ0v) is 5.62. The van der Waals surface area contributed by atoms with Crippen LogP contribution in [0.1, 0.15) is 0 Å². The Balaban J connectivity index is 2.19. The molecule has 0 fully saturated rings. The lowest BCUT2D eigenvalue weighted by Crippen LogP contribution is -2.40. The second kappa shape index (κ2) is 2.41. The van der Waals surface area contributed by atoms with E-state index in [1.54, 1.807) is 30.9 Å². The number of nitrogens with zero attached hydrogens (tertiary/aromatic N) is 5. The summed E-state index contributed by atoms with van der Waals surface area (Å²) in [4.78, 5) is 1.47. The summed E-state index contributed by atoms with van der Waals surface area (Å²) < 4.78 is 0. The van der Waals surface area contributed by atoms with E-state index in [4.69, 9.17) is 0 Å². The molecule has 6 heteroatoms. The number of hydrazine groups is 1. The summed E-state index contributed by atoms with van der Waals surface area (Å²) in [5, 5.41) is 12.7. The minimum atomic E-state index is 1.45. The van der Waals surface area contributed by atoms with Gasteiger partial charge in [0.15, 0.2) is 0 Å². The molecule has 2 heterocycles. The first-order valence-corrected chi connectivity index (χ1v) is 3.09. The molecule has 0 unspecified atom stereocenters. The van der Waals surface area contributed by atoms with Crippen molar-refractivity contribution in [3.63, 3.8) is 0 Å². The zero-order valence-electron chi connectivity index (χ0n) is 5.62. The SMILES string of the molecule is C1=CNN(n2ccnn2)N=C1. The Labute approximate surface area is 62.7 Å². The van der Waals surface area contributed by atoms with Crippen LogP contribution in [0.3, 0.4) is 0 Å². The molecule has 0 bridgehead atoms. The quantitative estimate of drug-likeness (QED) is 0.571. The molecule has 1 aromatic heterocycles. The van der Waals surface area contributed by atoms with Crippen LogP contribution in [0.25, 0.3) is 0 Å². The molecule has 1 aliphatic rings. The number of allylic oxidation sites excluding steroid dienone is 1. The molecule has 6 nitrogen and oxygen atoms in total. The number of nitrogens with one attached hydrogen (secondary N) is 1. The van der Waals surface area contributed by atoms with Crippen LogP contribution in [0.5, 0.6) is 0 Å². The third-order valence-corrected chi connectivity index (χ3v) is 1.15. The molecule has 2 rings (SSSR count). The smallest absolute Gasteiger partial charge is 0.0732 e. The molecule has 1 N–H and O–H groups in total. The van der Waals surface area contributed by atoms with Gasteiger partial charge in [0, 0.05) is 6.20 Å². The van der Waals surface area contributed by atoms with Gasteiger partial charge in [0.2, 0.25) is 0 Å². The second-order valence-electron chi connectivity index (χ2n) is 1.87. The average Bonchev–Trinajstić information content (AvgIpc) is 2.58. The van der Waals surface area contributed by atoms with E-state index in [1.165, 1.54) is 10.0 Å². The van der Waals surface area contributed by atoms with Crippen LogP contribution in [0.4, 0.5) is 0 Å². The Kier molecular flexibility index (Phi) is 1.29. The summed E-state index contributed by atoms with van der Waals surface area (Å²) in [7, 11) is 0. The van der Waals surface area contributed by atoms with Crippen molar-refractivity contribution >= 4 is 6.21 Å². The summed E-state index contributed by atoms with van der Waals surface area (Å²) in [6, 6.07) is 0. The highest BCUT2D eigenvalue weighted by atomic mass is 15.9. The van der Waals surface area contributed by atoms with Crippen molar-refractivity contribution in [2.75, 3.05) is 5.23 Å². The van der Waals surface area contributed by atoms with Crippen LogP contribution in [0, 0.1) is 0 Å². The third kappa shape index (κ3) is 1.05. The van der Waals surface area contributed by atoms with E-state index >= 15 is 0 Å². The fourth-order valence-electron chi connectivity index (χ4n) is 0.703. The first-order chi connectivity index (χ1) is 5.47. The molecule has 0 atom stereocenters. The normalized spacial score (nSPS) is 15.1. The van der Waals surface area contributed by atoms with Crippen molar-refractivity contribution < 1.29 is 0 Å². The molecule has 0 aliphatic carbocycles. The standard InChI is InChI=1S/C5H6N6/c1-2-7-11(8-3-1)10-5-4-6-9-10/h1-5,7H. The molecule has 0 radical (unpaired) electrons. The number of hydrogen-bond donors (Lipinski definition) is 1. The van der Waals surface area contributed by atoms with Gasteiger partial charge in [0.05, 0.1) is 18.6 Å². The van der Waals surface area contributed by atoms with Crippen molar-refractivity contribution in [2.24, 2.45) is 5.10 Å². The van der Waals surface area contributed by atoms with Crippen molar-refractivity contribution in [1.29, 1.82) is 0 Å². The molecule has 0 spiro atoms. The van der Waals surface area contributed by atoms with Crippen LogP contribution in [-0.2, 0) is 0 Å². The summed E-state index contributed by atoms with van der Waals surface area (Å²) in [5.41, 5.74) is 2.84. The van der Waals surface area contributed by atoms with Gasteiger partial charge in [-0.05, 0) is 11.3 Å². The van der Waals surface area contributed by atoms with Crippen LogP contribution < -0.4 is 10.7 Å². The van der Waals surface area contributed by atoms with Gasteiger partial charge in [-0.3, -0.25) is 5.43 Å². The maximum absolute atomic E-state index is 3.94. The van der Waals surface area contributed by atoms with Crippen molar-refractivity contribution in [1.82, 2.24) is 20.5 Å². The molecular weight excluding hydrogens is 144 g/mol. The van der Waals surface area contributed by atoms with Gasteiger partial charge in [-0.25, -0.2) is 0 Å². The van der Waals surface area contributed by atoms with Gasteiger partial charge in [0.25, 0.3) is 0 Å². The molecule has 0 saturated heterocycles. The highest BCUT2D eigenvalue weighted by Crippen LogP contribution is 1.87. The number of aromatic nitrogens is 3. The topological polar surface area (TPSA) is 58.3 Å². The lowest BCUT2D eigenvalue weighted by atomic mass is 10.7. The van der Waals surface area contributed by atoms with Gasteiger partial charge >= 0.3 is 0 Å². The number of hydrazone groups is 1. The molecule has 11 heavy (non-hydrogen) atoms. The van der Waals surface area contributed by atoms with Crippen molar-refractivity contribution in [3.8, 4) is 0 Å². The van der Waals surface area contributed by atoms with Gasteiger partial charge in [0.1, 0.15) is 0 Å². The Morgan fingerprint density at radius 1 is 1.36 bits per heavy atom. The van der Waals surface area contributed by atoms with Crippen LogP contribution in [0.2, 0.25) is 0 Å². The monoisotopic (exact) mass is 150 g/mol. The highest BCUT2D eigenvalue weighted by Gasteiger charge is 2.00. The summed E-state index contributed by atoms with van der Waals surface area (Å²) in [5.74, 6) is 0. The third-order valence-electron chi connectivity index (χ3n) is 1.15. The minimum absolute atomic E-state index is 1.45. The lowest BCUT2D eigenvalue weighted by molar-refractivity contribution is 0.489. The maximum atomic E-state index is 3.94. The summed E-state index contributed by atoms with van der Waals surface area (Å²) >= 11 is 0. The van der Waals surface area contributed by atoms with Crippen LogP contribution in [0.15, 0.2) is 29.8 Å². The molecule has 1 aromatic rings. The van der Waals surface area contributed by atoms with Gasteiger partial charge < -0.3 is 0 Å². The fourth-order valence-corrected chi connectivity index (χ4v) is 0.703. The lowest BCUT2D eigenvalue weighted by Gasteiger charge is -2.17. The Morgan fingerprint density at radius 2 is 2.36 bits per heavy atom. The summed E-state index contributed by atoms with van der Waals surface area (Å²) in [6.07, 6.45) is 8.44. The Hall–Kier alpha value is -1.85. The van der Waals surface area contributed by atoms with E-state index < -0.39 is 0 Å². The first kappa shape index (κ1) is 5.90. The van der Waals surface area contributed by atoms with E-state index in [2.05, 4.69) is 20.8 Å². The molecule has 0 amide bonds. The average molecular weight is 150 g/mol. The Morgan fingerprint density at radius 3 is 3.00 bits per heavy atom. The Bertz CT molecular complexity index is 273. The highest BCUT2D eigenvalue weighted by molar-refractivity contribution is 5.71. The van der Waals surface area contributed by atoms with Crippen molar-refractivity contribution in [2.45, 2.75) is 0 Å². The number of rotatable bonds is 1. The molecule has 0 aromatic carbocycles. The van der Waals surface area contributed by atoms with Crippen molar-refractivity contribution in [3.05, 3.63) is 24.7 Å². The molecule has 1 aliphatic heterocycles. The first-order valence-electron chi connectivity index (χ1n) is 3.09. The second-order valence-corrected chi connectivity index (χ2v) is 1.87. The largest absolute Gasteiger partial charge is 0.268 e. The van der Waals surface area contributed by atoms with Gasteiger partial charge in [-0.1, -0.05) is 5.23 Å². The van der Waals surface area contributed by atoms with Gasteiger partial charge in [-0.15, -0.1) is 15.0 Å². The van der Waals surface area contributed by atoms with E-state index in [-0.39, 0.29) is 0 Å². The van der Waals surface area contributed by atoms with Crippen LogP contribution in [-0.4, -0.2) is 21.3 Å². The molecule has 56 valence electrons. The van der Waals surface area contributed by atoms with E-state index in [0.29, 0.717) is 0 Å². The predicted molar refractivity (Wildman–Crippen MR) is 39.0 cm³/mol. The fraction of sp³-hybridized carbons (Fsp3) is 0. The summed E-state index contributed by atoms with van der Waals surface area (Å²) in [6.45, 7) is 0. The zero-order chi connectivity index (χ0) is 7.52. The van der Waals surface area contributed by atoms with E-state index in [0.717, 1.165) is 0 Å². The number of hydrogen-bond acceptors (Lipinski definition) is 5. The predicted octanol–water partition coefficient (Wildman–Crippen LogP) is -0.766. The maximum Gasteiger partial charge on any atom is 0.0732 e. The molecule has 0 saturated carbocycles. The minimum Gasteiger partial charge on any atom is -0.268 e. The van der Waals surface area contributed by atoms with Gasteiger partial charge in [-0.2, -0.15) is 0 Å². The molecular formula is C5H6N6. The van der Waals surface area contributed by atoms with E-state index in [1.807, 2.05) is 0 Å². The van der Waals surface area contributed by atoms with Crippen LogP contribution >= 0.6 is 0 Å².